The molecule has 0 aliphatic rings. The molecule has 0 bridgehead atoms. The first-order chi connectivity index (χ1) is 8.18. The van der Waals surface area contributed by atoms with Gasteiger partial charge in [-0.25, -0.2) is 8.42 Å². The van der Waals surface area contributed by atoms with Crippen LogP contribution >= 0.6 is 15.9 Å². The van der Waals surface area contributed by atoms with Crippen LogP contribution in [0.3, 0.4) is 0 Å². The number of alkyl halides is 1. The second-order valence-corrected chi connectivity index (χ2v) is 8.56. The Bertz CT molecular complexity index is 547. The molecule has 0 fully saturated rings. The minimum Gasteiger partial charge on any atom is -0.324 e. The molecule has 0 unspecified atom stereocenters. The third kappa shape index (κ3) is 3.55. The summed E-state index contributed by atoms with van der Waals surface area (Å²) in [6.07, 6.45) is 0. The predicted molar refractivity (Wildman–Crippen MR) is 75.8 cm³/mol. The van der Waals surface area contributed by atoms with Crippen LogP contribution in [0.5, 0.6) is 0 Å². The van der Waals surface area contributed by atoms with Crippen molar-refractivity contribution in [2.45, 2.75) is 30.0 Å². The van der Waals surface area contributed by atoms with Crippen LogP contribution in [0, 0.1) is 0 Å². The number of carbonyl (C=O) groups excluding carboxylic acids is 1. The van der Waals surface area contributed by atoms with Gasteiger partial charge in [-0.1, -0.05) is 35.0 Å². The number of sulfone groups is 1. The van der Waals surface area contributed by atoms with Gasteiger partial charge in [-0.05, 0) is 26.0 Å². The third-order valence-electron chi connectivity index (χ3n) is 2.39. The van der Waals surface area contributed by atoms with Gasteiger partial charge >= 0.3 is 0 Å². The standard InChI is InChI=1S/C12H16BrNO3S/c1-4-18(16,17)10-8-6-5-7-9(10)14-11(15)12(2,3)13/h5-8H,4H2,1-3H3,(H,14,15). The number of nitrogens with one attached hydrogen (secondary N) is 1. The summed E-state index contributed by atoms with van der Waals surface area (Å²) in [7, 11) is -3.35. The molecule has 0 aromatic heterocycles. The molecule has 0 saturated heterocycles. The van der Waals surface area contributed by atoms with Crippen molar-refractivity contribution in [2.75, 3.05) is 11.1 Å². The average molecular weight is 334 g/mol. The van der Waals surface area contributed by atoms with Gasteiger partial charge in [0.2, 0.25) is 5.91 Å². The Kier molecular flexibility index (Phi) is 4.55. The van der Waals surface area contributed by atoms with Crippen LogP contribution in [0.4, 0.5) is 5.69 Å². The highest BCUT2D eigenvalue weighted by atomic mass is 79.9. The Morgan fingerprint density at radius 2 is 1.89 bits per heavy atom. The van der Waals surface area contributed by atoms with Crippen LogP contribution in [0.1, 0.15) is 20.8 Å². The van der Waals surface area contributed by atoms with Gasteiger partial charge in [0, 0.05) is 0 Å². The summed E-state index contributed by atoms with van der Waals surface area (Å²) in [6.45, 7) is 4.96. The van der Waals surface area contributed by atoms with Gasteiger partial charge in [-0.3, -0.25) is 4.79 Å². The number of halogens is 1. The Morgan fingerprint density at radius 3 is 2.39 bits per heavy atom. The zero-order valence-corrected chi connectivity index (χ0v) is 12.9. The molecule has 1 rings (SSSR count). The maximum Gasteiger partial charge on any atom is 0.240 e. The largest absolute Gasteiger partial charge is 0.324 e. The third-order valence-corrected chi connectivity index (χ3v) is 4.54. The molecule has 1 amide bonds. The van der Waals surface area contributed by atoms with Crippen molar-refractivity contribution >= 4 is 37.4 Å². The van der Waals surface area contributed by atoms with E-state index in [4.69, 9.17) is 0 Å². The Labute approximate surface area is 116 Å². The van der Waals surface area contributed by atoms with Gasteiger partial charge in [0.1, 0.15) is 0 Å². The van der Waals surface area contributed by atoms with E-state index in [1.807, 2.05) is 0 Å². The summed E-state index contributed by atoms with van der Waals surface area (Å²) in [4.78, 5) is 12.0. The van der Waals surface area contributed by atoms with Crippen LogP contribution in [-0.2, 0) is 14.6 Å². The monoisotopic (exact) mass is 333 g/mol. The molecule has 100 valence electrons. The molecule has 6 heteroatoms. The van der Waals surface area contributed by atoms with Crippen molar-refractivity contribution < 1.29 is 13.2 Å². The van der Waals surface area contributed by atoms with Crippen molar-refractivity contribution in [2.24, 2.45) is 0 Å². The molecule has 0 aliphatic carbocycles. The van der Waals surface area contributed by atoms with Crippen LogP contribution in [0.15, 0.2) is 29.2 Å². The highest BCUT2D eigenvalue weighted by Gasteiger charge is 2.25. The summed E-state index contributed by atoms with van der Waals surface area (Å²) < 4.78 is 23.0. The summed E-state index contributed by atoms with van der Waals surface area (Å²) >= 11 is 3.23. The van der Waals surface area contributed by atoms with Crippen LogP contribution < -0.4 is 5.32 Å². The highest BCUT2D eigenvalue weighted by Crippen LogP contribution is 2.25. The number of para-hydroxylation sites is 1. The molecule has 1 N–H and O–H groups in total. The fourth-order valence-electron chi connectivity index (χ4n) is 1.27. The molecule has 1 aromatic rings. The zero-order valence-electron chi connectivity index (χ0n) is 10.5. The second kappa shape index (κ2) is 5.40. The number of anilines is 1. The van der Waals surface area contributed by atoms with Gasteiger partial charge in [0.05, 0.1) is 20.7 Å². The molecule has 0 heterocycles. The van der Waals surface area contributed by atoms with Crippen LogP contribution in [0.2, 0.25) is 0 Å². The van der Waals surface area contributed by atoms with Gasteiger partial charge < -0.3 is 5.32 Å². The number of benzene rings is 1. The van der Waals surface area contributed by atoms with Crippen LogP contribution in [-0.4, -0.2) is 24.4 Å². The van der Waals surface area contributed by atoms with Crippen molar-refractivity contribution in [1.29, 1.82) is 0 Å². The molecule has 1 aromatic carbocycles. The first-order valence-corrected chi connectivity index (χ1v) is 7.95. The van der Waals surface area contributed by atoms with E-state index in [0.717, 1.165) is 0 Å². The molecule has 0 atom stereocenters. The van der Waals surface area contributed by atoms with Gasteiger partial charge in [0.25, 0.3) is 0 Å². The first kappa shape index (κ1) is 15.2. The molecule has 0 spiro atoms. The maximum absolute atomic E-state index is 11.9. The SMILES string of the molecule is CCS(=O)(=O)c1ccccc1NC(=O)C(C)(C)Br. The van der Waals surface area contributed by atoms with Crippen molar-refractivity contribution in [3.8, 4) is 0 Å². The molecule has 18 heavy (non-hydrogen) atoms. The van der Waals surface area contributed by atoms with Gasteiger partial charge in [0.15, 0.2) is 9.84 Å². The zero-order chi connectivity index (χ0) is 14.0. The number of amides is 1. The quantitative estimate of drug-likeness (QED) is 0.861. The lowest BCUT2D eigenvalue weighted by Crippen LogP contribution is -2.31. The molecule has 0 radical (unpaired) electrons. The lowest BCUT2D eigenvalue weighted by atomic mass is 10.2. The number of hydrogen-bond acceptors (Lipinski definition) is 3. The summed E-state index contributed by atoms with van der Waals surface area (Å²) in [5.74, 6) is -0.293. The molecular formula is C12H16BrNO3S. The van der Waals surface area contributed by atoms with Crippen molar-refractivity contribution in [1.82, 2.24) is 0 Å². The minimum atomic E-state index is -3.35. The van der Waals surface area contributed by atoms with E-state index in [1.54, 1.807) is 39.0 Å². The smallest absolute Gasteiger partial charge is 0.240 e. The molecule has 4 nitrogen and oxygen atoms in total. The molecule has 0 saturated carbocycles. The van der Waals surface area contributed by atoms with Gasteiger partial charge in [-0.2, -0.15) is 0 Å². The lowest BCUT2D eigenvalue weighted by Gasteiger charge is -2.17. The van der Waals surface area contributed by atoms with E-state index >= 15 is 0 Å². The van der Waals surface area contributed by atoms with E-state index < -0.39 is 14.2 Å². The van der Waals surface area contributed by atoms with E-state index in [9.17, 15) is 13.2 Å². The Balaban J connectivity index is 3.16. The first-order valence-electron chi connectivity index (χ1n) is 5.50. The fraction of sp³-hybridized carbons (Fsp3) is 0.417. The number of hydrogen-bond donors (Lipinski definition) is 1. The highest BCUT2D eigenvalue weighted by molar-refractivity contribution is 9.10. The molecular weight excluding hydrogens is 318 g/mol. The van der Waals surface area contributed by atoms with Crippen molar-refractivity contribution in [3.05, 3.63) is 24.3 Å². The lowest BCUT2D eigenvalue weighted by molar-refractivity contribution is -0.117. The van der Waals surface area contributed by atoms with E-state index in [0.29, 0.717) is 5.69 Å². The van der Waals surface area contributed by atoms with E-state index in [1.165, 1.54) is 6.07 Å². The summed E-state index contributed by atoms with van der Waals surface area (Å²) in [5.41, 5.74) is 0.317. The summed E-state index contributed by atoms with van der Waals surface area (Å²) in [6, 6.07) is 6.40. The number of rotatable bonds is 4. The normalized spacial score (nSPS) is 12.2. The van der Waals surface area contributed by atoms with Gasteiger partial charge in [-0.15, -0.1) is 0 Å². The van der Waals surface area contributed by atoms with Crippen LogP contribution in [0.25, 0.3) is 0 Å². The Morgan fingerprint density at radius 1 is 1.33 bits per heavy atom. The molecule has 0 aliphatic heterocycles. The minimum absolute atomic E-state index is 0.00239. The van der Waals surface area contributed by atoms with E-state index in [-0.39, 0.29) is 16.6 Å². The second-order valence-electron chi connectivity index (χ2n) is 4.33. The predicted octanol–water partition coefficient (Wildman–Crippen LogP) is 2.59. The number of carbonyl (C=O) groups is 1. The van der Waals surface area contributed by atoms with Crippen molar-refractivity contribution in [3.63, 3.8) is 0 Å². The fourth-order valence-corrected chi connectivity index (χ4v) is 2.42. The summed E-state index contributed by atoms with van der Waals surface area (Å²) in [5, 5.41) is 2.63. The van der Waals surface area contributed by atoms with E-state index in [2.05, 4.69) is 21.2 Å². The Hall–Kier alpha value is -0.880. The topological polar surface area (TPSA) is 63.2 Å². The average Bonchev–Trinajstić information content (AvgIpc) is 2.28. The maximum atomic E-state index is 11.9.